The Kier molecular flexibility index (Phi) is 3.02. The third-order valence-electron chi connectivity index (χ3n) is 3.40. The van der Waals surface area contributed by atoms with Crippen LogP contribution in [0.1, 0.15) is 6.92 Å². The molecular weight excluding hydrogens is 250 g/mol. The smallest absolute Gasteiger partial charge is 0.142 e. The van der Waals surface area contributed by atoms with Crippen molar-refractivity contribution in [1.82, 2.24) is 19.3 Å². The normalized spacial score (nSPS) is 10.9. The molecule has 2 aromatic heterocycles. The average molecular weight is 267 g/mol. The number of nitrogens with zero attached hydrogens (tertiary/aromatic N) is 4. The summed E-state index contributed by atoms with van der Waals surface area (Å²) in [5.74, 6) is 1.52. The maximum Gasteiger partial charge on any atom is 0.142 e. The lowest BCUT2D eigenvalue weighted by Gasteiger charge is -2.02. The van der Waals surface area contributed by atoms with Crippen molar-refractivity contribution in [3.63, 3.8) is 0 Å². The summed E-state index contributed by atoms with van der Waals surface area (Å²) >= 11 is 0. The molecule has 0 aliphatic rings. The Morgan fingerprint density at radius 3 is 2.55 bits per heavy atom. The van der Waals surface area contributed by atoms with E-state index in [2.05, 4.69) is 10.1 Å². The molecule has 0 saturated heterocycles. The van der Waals surface area contributed by atoms with E-state index in [4.69, 9.17) is 5.73 Å². The first-order valence-electron chi connectivity index (χ1n) is 6.61. The topological polar surface area (TPSA) is 61.7 Å². The third-order valence-corrected chi connectivity index (χ3v) is 3.40. The average Bonchev–Trinajstić information content (AvgIpc) is 3.06. The second-order valence-corrected chi connectivity index (χ2v) is 4.68. The van der Waals surface area contributed by atoms with Crippen molar-refractivity contribution < 1.29 is 0 Å². The Balaban J connectivity index is 2.10. The van der Waals surface area contributed by atoms with Crippen LogP contribution in [0, 0.1) is 0 Å². The fourth-order valence-electron chi connectivity index (χ4n) is 2.23. The molecule has 0 amide bonds. The Morgan fingerprint density at radius 2 is 1.90 bits per heavy atom. The lowest BCUT2D eigenvalue weighted by molar-refractivity contribution is 0.660. The van der Waals surface area contributed by atoms with Crippen molar-refractivity contribution in [1.29, 1.82) is 0 Å². The minimum absolute atomic E-state index is 0.652. The van der Waals surface area contributed by atoms with Crippen LogP contribution in [0.5, 0.6) is 0 Å². The second kappa shape index (κ2) is 4.85. The predicted octanol–water partition coefficient (Wildman–Crippen LogP) is 2.55. The number of anilines is 1. The number of hydrogen-bond acceptors (Lipinski definition) is 3. The van der Waals surface area contributed by atoms with Gasteiger partial charge >= 0.3 is 0 Å². The van der Waals surface area contributed by atoms with E-state index in [-0.39, 0.29) is 0 Å². The van der Waals surface area contributed by atoms with Gasteiger partial charge in [-0.25, -0.2) is 4.98 Å². The Hall–Kier alpha value is -2.56. The van der Waals surface area contributed by atoms with Gasteiger partial charge in [-0.3, -0.25) is 4.68 Å². The lowest BCUT2D eigenvalue weighted by Crippen LogP contribution is -1.98. The van der Waals surface area contributed by atoms with Crippen LogP contribution in [0.3, 0.4) is 0 Å². The van der Waals surface area contributed by atoms with Crippen molar-refractivity contribution in [2.75, 3.05) is 5.73 Å². The fourth-order valence-corrected chi connectivity index (χ4v) is 2.23. The second-order valence-electron chi connectivity index (χ2n) is 4.68. The van der Waals surface area contributed by atoms with Crippen LogP contribution in [0.2, 0.25) is 0 Å². The fraction of sp³-hybridized carbons (Fsp3) is 0.200. The van der Waals surface area contributed by atoms with Crippen molar-refractivity contribution in [2.45, 2.75) is 13.5 Å². The van der Waals surface area contributed by atoms with E-state index in [0.29, 0.717) is 5.82 Å². The quantitative estimate of drug-likeness (QED) is 0.793. The summed E-state index contributed by atoms with van der Waals surface area (Å²) in [6.07, 6.45) is 3.77. The van der Waals surface area contributed by atoms with Crippen molar-refractivity contribution in [2.24, 2.45) is 7.05 Å². The van der Waals surface area contributed by atoms with Gasteiger partial charge in [0.05, 0.1) is 6.20 Å². The number of hydrogen-bond donors (Lipinski definition) is 1. The van der Waals surface area contributed by atoms with Gasteiger partial charge in [0.25, 0.3) is 0 Å². The van der Waals surface area contributed by atoms with Gasteiger partial charge in [-0.2, -0.15) is 5.10 Å². The number of aryl methyl sites for hydroxylation is 1. The molecule has 2 N–H and O–H groups in total. The number of rotatable bonds is 3. The molecule has 20 heavy (non-hydrogen) atoms. The number of benzene rings is 1. The van der Waals surface area contributed by atoms with Gasteiger partial charge in [-0.1, -0.05) is 30.3 Å². The Labute approximate surface area is 117 Å². The summed E-state index contributed by atoms with van der Waals surface area (Å²) < 4.78 is 3.78. The molecule has 3 aromatic rings. The van der Waals surface area contributed by atoms with Gasteiger partial charge in [0, 0.05) is 30.9 Å². The molecule has 0 bridgehead atoms. The maximum atomic E-state index is 6.19. The summed E-state index contributed by atoms with van der Waals surface area (Å²) in [6, 6.07) is 10.0. The highest BCUT2D eigenvalue weighted by Crippen LogP contribution is 2.29. The summed E-state index contributed by atoms with van der Waals surface area (Å²) in [7, 11) is 1.93. The van der Waals surface area contributed by atoms with E-state index >= 15 is 0 Å². The van der Waals surface area contributed by atoms with Gasteiger partial charge in [0.15, 0.2) is 0 Å². The highest BCUT2D eigenvalue weighted by atomic mass is 15.3. The van der Waals surface area contributed by atoms with Gasteiger partial charge in [0.1, 0.15) is 17.3 Å². The molecule has 0 unspecified atom stereocenters. The monoisotopic (exact) mass is 267 g/mol. The zero-order valence-corrected chi connectivity index (χ0v) is 11.6. The molecule has 5 heteroatoms. The molecule has 3 rings (SSSR count). The first kappa shape index (κ1) is 12.5. The van der Waals surface area contributed by atoms with Crippen LogP contribution in [0.15, 0.2) is 42.7 Å². The minimum atomic E-state index is 0.652. The largest absolute Gasteiger partial charge is 0.383 e. The van der Waals surface area contributed by atoms with Crippen LogP contribution in [-0.2, 0) is 13.6 Å². The number of imidazole rings is 1. The molecule has 5 nitrogen and oxygen atoms in total. The number of aromatic nitrogens is 4. The van der Waals surface area contributed by atoms with E-state index in [0.717, 1.165) is 29.2 Å². The van der Waals surface area contributed by atoms with Gasteiger partial charge in [-0.05, 0) is 6.92 Å². The molecular formula is C15H17N5. The number of nitrogens with two attached hydrogens (primary N) is 1. The van der Waals surface area contributed by atoms with Crippen molar-refractivity contribution in [3.05, 3.63) is 42.7 Å². The standard InChI is InChI=1S/C15H17N5/c1-3-20-10-12(9-17-20)13-14(16)19(2)15(18-13)11-7-5-4-6-8-11/h4-10H,3,16H2,1-2H3. The Bertz CT molecular complexity index is 724. The SMILES string of the molecule is CCn1cc(-c2nc(-c3ccccc3)n(C)c2N)cn1. The predicted molar refractivity (Wildman–Crippen MR) is 80.0 cm³/mol. The molecule has 0 atom stereocenters. The van der Waals surface area contributed by atoms with Crippen LogP contribution in [-0.4, -0.2) is 19.3 Å². The van der Waals surface area contributed by atoms with E-state index in [1.165, 1.54) is 0 Å². The van der Waals surface area contributed by atoms with Gasteiger partial charge in [-0.15, -0.1) is 0 Å². The number of nitrogen functional groups attached to an aromatic ring is 1. The van der Waals surface area contributed by atoms with Crippen LogP contribution < -0.4 is 5.73 Å². The van der Waals surface area contributed by atoms with Crippen LogP contribution in [0.25, 0.3) is 22.6 Å². The summed E-state index contributed by atoms with van der Waals surface area (Å²) in [5.41, 5.74) is 8.97. The summed E-state index contributed by atoms with van der Waals surface area (Å²) in [4.78, 5) is 4.68. The van der Waals surface area contributed by atoms with E-state index in [1.807, 2.05) is 59.7 Å². The van der Waals surface area contributed by atoms with Crippen molar-refractivity contribution in [3.8, 4) is 22.6 Å². The highest BCUT2D eigenvalue weighted by Gasteiger charge is 2.16. The Morgan fingerprint density at radius 1 is 1.15 bits per heavy atom. The summed E-state index contributed by atoms with van der Waals surface area (Å²) in [5, 5.41) is 4.28. The molecule has 0 fully saturated rings. The minimum Gasteiger partial charge on any atom is -0.383 e. The van der Waals surface area contributed by atoms with Gasteiger partial charge in [0.2, 0.25) is 0 Å². The van der Waals surface area contributed by atoms with E-state index < -0.39 is 0 Å². The molecule has 0 saturated carbocycles. The summed E-state index contributed by atoms with van der Waals surface area (Å²) in [6.45, 7) is 2.88. The van der Waals surface area contributed by atoms with E-state index in [1.54, 1.807) is 6.20 Å². The van der Waals surface area contributed by atoms with E-state index in [9.17, 15) is 0 Å². The van der Waals surface area contributed by atoms with Crippen LogP contribution in [0.4, 0.5) is 5.82 Å². The molecule has 0 aliphatic heterocycles. The molecule has 2 heterocycles. The molecule has 0 aliphatic carbocycles. The van der Waals surface area contributed by atoms with Gasteiger partial charge < -0.3 is 10.3 Å². The first-order valence-corrected chi connectivity index (χ1v) is 6.61. The zero-order chi connectivity index (χ0) is 14.1. The highest BCUT2D eigenvalue weighted by molar-refractivity contribution is 5.74. The third kappa shape index (κ3) is 1.97. The van der Waals surface area contributed by atoms with Crippen LogP contribution >= 0.6 is 0 Å². The molecule has 0 spiro atoms. The molecule has 102 valence electrons. The first-order chi connectivity index (χ1) is 9.70. The molecule has 0 radical (unpaired) electrons. The molecule has 1 aromatic carbocycles. The zero-order valence-electron chi connectivity index (χ0n) is 11.6. The maximum absolute atomic E-state index is 6.19. The van der Waals surface area contributed by atoms with Crippen molar-refractivity contribution >= 4 is 5.82 Å². The lowest BCUT2D eigenvalue weighted by atomic mass is 10.2.